The summed E-state index contributed by atoms with van der Waals surface area (Å²) in [4.78, 5) is 12.4. The molecule has 0 heterocycles. The monoisotopic (exact) mass is 353 g/mol. The summed E-state index contributed by atoms with van der Waals surface area (Å²) in [6.45, 7) is 2.28. The largest absolute Gasteiger partial charge is 0.459 e. The lowest BCUT2D eigenvalue weighted by Crippen LogP contribution is -2.35. The van der Waals surface area contributed by atoms with E-state index in [1.807, 2.05) is 0 Å². The Hall–Kier alpha value is -1.82. The number of unbranched alkanes of at least 4 members (excludes halogenated alkanes) is 2. The highest BCUT2D eigenvalue weighted by atomic mass is 16.5. The summed E-state index contributed by atoms with van der Waals surface area (Å²) < 4.78 is 5.78. The molecule has 26 heavy (non-hydrogen) atoms. The fraction of sp³-hybridized carbons (Fsp3) is 0.652. The van der Waals surface area contributed by atoms with Gasteiger partial charge in [-0.05, 0) is 74.1 Å². The van der Waals surface area contributed by atoms with E-state index in [-0.39, 0.29) is 12.1 Å². The average Bonchev–Trinajstić information content (AvgIpc) is 2.68. The van der Waals surface area contributed by atoms with Crippen molar-refractivity contribution < 1.29 is 9.53 Å². The van der Waals surface area contributed by atoms with Crippen LogP contribution in [0.2, 0.25) is 0 Å². The first kappa shape index (κ1) is 19.0. The van der Waals surface area contributed by atoms with Gasteiger partial charge >= 0.3 is 5.97 Å². The molecule has 1 aromatic carbocycles. The highest BCUT2D eigenvalue weighted by molar-refractivity contribution is 5.89. The summed E-state index contributed by atoms with van der Waals surface area (Å²) in [6, 6.07) is 8.80. The fourth-order valence-electron chi connectivity index (χ4n) is 4.90. The van der Waals surface area contributed by atoms with Gasteiger partial charge in [-0.2, -0.15) is 5.26 Å². The smallest absolute Gasteiger partial charge is 0.338 e. The van der Waals surface area contributed by atoms with Gasteiger partial charge in [0.2, 0.25) is 0 Å². The number of carbonyl (C=O) groups is 1. The Morgan fingerprint density at radius 3 is 2.54 bits per heavy atom. The third-order valence-electron chi connectivity index (χ3n) is 6.41. The van der Waals surface area contributed by atoms with Crippen molar-refractivity contribution in [2.75, 3.05) is 0 Å². The van der Waals surface area contributed by atoms with Crippen molar-refractivity contribution in [3.05, 3.63) is 35.4 Å². The number of rotatable bonds is 6. The van der Waals surface area contributed by atoms with Gasteiger partial charge < -0.3 is 4.74 Å². The molecule has 140 valence electrons. The van der Waals surface area contributed by atoms with E-state index < -0.39 is 0 Å². The molecule has 0 amide bonds. The van der Waals surface area contributed by atoms with Crippen LogP contribution in [-0.4, -0.2) is 12.1 Å². The molecular weight excluding hydrogens is 322 g/mol. The highest BCUT2D eigenvalue weighted by Crippen LogP contribution is 2.44. The van der Waals surface area contributed by atoms with Crippen molar-refractivity contribution in [2.24, 2.45) is 17.8 Å². The van der Waals surface area contributed by atoms with Crippen molar-refractivity contribution >= 4 is 5.97 Å². The zero-order chi connectivity index (χ0) is 18.4. The molecule has 3 nitrogen and oxygen atoms in total. The Labute approximate surface area is 157 Å². The number of nitriles is 1. The van der Waals surface area contributed by atoms with E-state index in [9.17, 15) is 4.79 Å². The molecule has 1 aromatic rings. The van der Waals surface area contributed by atoms with E-state index in [2.05, 4.69) is 13.0 Å². The van der Waals surface area contributed by atoms with Crippen molar-refractivity contribution in [2.45, 2.75) is 77.2 Å². The summed E-state index contributed by atoms with van der Waals surface area (Å²) in [5.74, 6) is 2.27. The molecule has 2 aliphatic carbocycles. The van der Waals surface area contributed by atoms with Crippen LogP contribution in [-0.2, 0) is 4.74 Å². The van der Waals surface area contributed by atoms with Crippen LogP contribution < -0.4 is 0 Å². The van der Waals surface area contributed by atoms with Crippen LogP contribution in [0.1, 0.15) is 87.1 Å². The van der Waals surface area contributed by atoms with Crippen LogP contribution >= 0.6 is 0 Å². The minimum absolute atomic E-state index is 0.0658. The second-order valence-electron chi connectivity index (χ2n) is 8.22. The lowest BCUT2D eigenvalue weighted by molar-refractivity contribution is -0.00628. The second kappa shape index (κ2) is 9.21. The lowest BCUT2D eigenvalue weighted by atomic mass is 9.66. The number of esters is 1. The van der Waals surface area contributed by atoms with Gasteiger partial charge in [0.05, 0.1) is 17.2 Å². The van der Waals surface area contributed by atoms with Gasteiger partial charge in [-0.3, -0.25) is 0 Å². The molecule has 4 unspecified atom stereocenters. The summed E-state index contributed by atoms with van der Waals surface area (Å²) in [5.41, 5.74) is 1.11. The fourth-order valence-corrected chi connectivity index (χ4v) is 4.90. The zero-order valence-corrected chi connectivity index (χ0v) is 16.0. The van der Waals surface area contributed by atoms with Crippen LogP contribution in [0.25, 0.3) is 0 Å². The Kier molecular flexibility index (Phi) is 6.72. The lowest BCUT2D eigenvalue weighted by Gasteiger charge is -2.42. The zero-order valence-electron chi connectivity index (χ0n) is 16.0. The van der Waals surface area contributed by atoms with E-state index in [1.54, 1.807) is 24.3 Å². The predicted molar refractivity (Wildman–Crippen MR) is 103 cm³/mol. The first-order valence-corrected chi connectivity index (χ1v) is 10.4. The summed E-state index contributed by atoms with van der Waals surface area (Å²) in [6.07, 6.45) is 12.9. The topological polar surface area (TPSA) is 50.1 Å². The van der Waals surface area contributed by atoms with Crippen molar-refractivity contribution in [1.82, 2.24) is 0 Å². The van der Waals surface area contributed by atoms with Gasteiger partial charge in [-0.25, -0.2) is 4.79 Å². The number of hydrogen-bond donors (Lipinski definition) is 0. The Morgan fingerprint density at radius 2 is 1.81 bits per heavy atom. The van der Waals surface area contributed by atoms with Crippen LogP contribution in [0.3, 0.4) is 0 Å². The summed E-state index contributed by atoms with van der Waals surface area (Å²) in [7, 11) is 0. The van der Waals surface area contributed by atoms with Gasteiger partial charge in [-0.15, -0.1) is 0 Å². The van der Waals surface area contributed by atoms with Gasteiger partial charge in [0.1, 0.15) is 6.10 Å². The van der Waals surface area contributed by atoms with Crippen molar-refractivity contribution in [1.29, 1.82) is 5.26 Å². The molecule has 0 aliphatic heterocycles. The Bertz CT molecular complexity index is 631. The number of fused-ring (bicyclic) bond motifs is 1. The Balaban J connectivity index is 1.47. The molecule has 4 atom stereocenters. The van der Waals surface area contributed by atoms with Gasteiger partial charge in [0, 0.05) is 0 Å². The Morgan fingerprint density at radius 1 is 1.08 bits per heavy atom. The van der Waals surface area contributed by atoms with Crippen LogP contribution in [0.4, 0.5) is 0 Å². The summed E-state index contributed by atoms with van der Waals surface area (Å²) >= 11 is 0. The molecule has 0 saturated heterocycles. The molecule has 2 saturated carbocycles. The highest BCUT2D eigenvalue weighted by Gasteiger charge is 2.36. The van der Waals surface area contributed by atoms with Gasteiger partial charge in [0.25, 0.3) is 0 Å². The number of carbonyl (C=O) groups excluding carboxylic acids is 1. The molecule has 0 spiro atoms. The molecule has 2 aliphatic rings. The van der Waals surface area contributed by atoms with E-state index in [1.165, 1.54) is 51.4 Å². The first-order chi connectivity index (χ1) is 12.7. The van der Waals surface area contributed by atoms with Crippen LogP contribution in [0.15, 0.2) is 24.3 Å². The second-order valence-corrected chi connectivity index (χ2v) is 8.22. The molecule has 3 rings (SSSR count). The maximum Gasteiger partial charge on any atom is 0.338 e. The van der Waals surface area contributed by atoms with E-state index in [0.29, 0.717) is 11.1 Å². The van der Waals surface area contributed by atoms with Gasteiger partial charge in [0.15, 0.2) is 0 Å². The van der Waals surface area contributed by atoms with Gasteiger partial charge in [-0.1, -0.05) is 39.0 Å². The van der Waals surface area contributed by atoms with E-state index >= 15 is 0 Å². The molecule has 2 fully saturated rings. The third-order valence-corrected chi connectivity index (χ3v) is 6.41. The van der Waals surface area contributed by atoms with E-state index in [0.717, 1.165) is 30.6 Å². The first-order valence-electron chi connectivity index (χ1n) is 10.4. The number of nitrogens with zero attached hydrogens (tertiary/aromatic N) is 1. The third kappa shape index (κ3) is 4.87. The minimum Gasteiger partial charge on any atom is -0.459 e. The molecule has 3 heteroatoms. The number of benzene rings is 1. The maximum absolute atomic E-state index is 12.4. The minimum atomic E-state index is -0.244. The van der Waals surface area contributed by atoms with E-state index in [4.69, 9.17) is 10.00 Å². The quantitative estimate of drug-likeness (QED) is 0.474. The summed E-state index contributed by atoms with van der Waals surface area (Å²) in [5, 5.41) is 8.85. The predicted octanol–water partition coefficient (Wildman–Crippen LogP) is 5.88. The van der Waals surface area contributed by atoms with Crippen LogP contribution in [0.5, 0.6) is 0 Å². The number of hydrogen-bond acceptors (Lipinski definition) is 3. The molecular formula is C23H31NO2. The molecule has 0 bridgehead atoms. The van der Waals surface area contributed by atoms with Crippen LogP contribution in [0, 0.1) is 29.1 Å². The molecule has 0 radical (unpaired) electrons. The molecule has 0 aromatic heterocycles. The number of ether oxygens (including phenoxy) is 1. The standard InChI is InChI=1S/C23H31NO2/c1-2-3-4-5-17-6-11-21-15-22(13-12-20(21)14-17)26-23(25)19-9-7-18(16-24)8-10-19/h7-10,17,20-22H,2-6,11-15H2,1H3. The van der Waals surface area contributed by atoms with Crippen molar-refractivity contribution in [3.63, 3.8) is 0 Å². The SMILES string of the molecule is CCCCCC1CCC2CC(OC(=O)c3ccc(C#N)cc3)CCC2C1. The normalized spacial score (nSPS) is 28.0. The molecule has 0 N–H and O–H groups in total. The average molecular weight is 354 g/mol. The van der Waals surface area contributed by atoms with Crippen molar-refractivity contribution in [3.8, 4) is 6.07 Å². The maximum atomic E-state index is 12.4.